The van der Waals surface area contributed by atoms with Gasteiger partial charge in [0.25, 0.3) is 0 Å². The van der Waals surface area contributed by atoms with Crippen LogP contribution in [0.1, 0.15) is 25.7 Å². The number of carbonyl (C=O) groups excluding carboxylic acids is 1. The Balaban J connectivity index is 1.95. The van der Waals surface area contributed by atoms with Crippen molar-refractivity contribution in [1.82, 2.24) is 4.90 Å². The molecule has 0 aromatic rings. The van der Waals surface area contributed by atoms with Gasteiger partial charge in [-0.3, -0.25) is 9.69 Å². The van der Waals surface area contributed by atoms with Crippen LogP contribution in [0.15, 0.2) is 12.2 Å². The second-order valence-corrected chi connectivity index (χ2v) is 5.48. The van der Waals surface area contributed by atoms with Crippen molar-refractivity contribution in [3.8, 4) is 0 Å². The van der Waals surface area contributed by atoms with E-state index < -0.39 is 0 Å². The Morgan fingerprint density at radius 1 is 1.53 bits per heavy atom. The number of carbonyl (C=O) groups is 1. The van der Waals surface area contributed by atoms with Gasteiger partial charge in [-0.15, -0.1) is 0 Å². The van der Waals surface area contributed by atoms with Crippen molar-refractivity contribution in [2.24, 2.45) is 5.41 Å². The van der Waals surface area contributed by atoms with Gasteiger partial charge in [-0.2, -0.15) is 0 Å². The third kappa shape index (κ3) is 1.13. The number of hydrogen-bond acceptors (Lipinski definition) is 3. The summed E-state index contributed by atoms with van der Waals surface area (Å²) >= 11 is 0. The summed E-state index contributed by atoms with van der Waals surface area (Å²) in [6.07, 6.45) is 4.37. The highest BCUT2D eigenvalue weighted by atomic mass is 16.5. The summed E-state index contributed by atoms with van der Waals surface area (Å²) in [6, 6.07) is 0. The van der Waals surface area contributed by atoms with Crippen molar-refractivity contribution in [3.05, 3.63) is 12.2 Å². The van der Waals surface area contributed by atoms with E-state index in [1.807, 2.05) is 0 Å². The Bertz CT molecular complexity index is 346. The molecule has 0 N–H and O–H groups in total. The first kappa shape index (κ1) is 9.40. The molecule has 2 heterocycles. The normalized spacial score (nSPS) is 37.0. The Labute approximate surface area is 90.1 Å². The summed E-state index contributed by atoms with van der Waals surface area (Å²) in [6.45, 7) is 5.97. The van der Waals surface area contributed by atoms with Crippen LogP contribution < -0.4 is 0 Å². The van der Waals surface area contributed by atoms with Crippen molar-refractivity contribution in [1.29, 1.82) is 0 Å². The summed E-state index contributed by atoms with van der Waals surface area (Å²) in [7, 11) is 1.49. The van der Waals surface area contributed by atoms with E-state index in [0.717, 1.165) is 25.9 Å². The Hall–Kier alpha value is -0.830. The average Bonchev–Trinajstić information content (AvgIpc) is 2.75. The average molecular weight is 207 g/mol. The molecular weight excluding hydrogens is 190 g/mol. The first-order valence-corrected chi connectivity index (χ1v) is 5.60. The molecule has 0 amide bonds. The van der Waals surface area contributed by atoms with Gasteiger partial charge < -0.3 is 4.74 Å². The molecule has 0 radical (unpaired) electrons. The quantitative estimate of drug-likeness (QED) is 0.480. The Morgan fingerprint density at radius 2 is 2.27 bits per heavy atom. The molecule has 82 valence electrons. The fourth-order valence-electron chi connectivity index (χ4n) is 3.44. The maximum absolute atomic E-state index is 12.0. The fraction of sp³-hybridized carbons (Fsp3) is 0.750. The number of fused-ring (bicyclic) bond motifs is 1. The predicted molar refractivity (Wildman–Crippen MR) is 56.4 cm³/mol. The molecule has 2 saturated heterocycles. The van der Waals surface area contributed by atoms with Crippen molar-refractivity contribution in [3.63, 3.8) is 0 Å². The van der Waals surface area contributed by atoms with Crippen molar-refractivity contribution >= 4 is 5.97 Å². The van der Waals surface area contributed by atoms with E-state index in [9.17, 15) is 4.79 Å². The van der Waals surface area contributed by atoms with E-state index in [-0.39, 0.29) is 11.5 Å². The zero-order valence-electron chi connectivity index (χ0n) is 9.21. The van der Waals surface area contributed by atoms with Crippen LogP contribution in [0.25, 0.3) is 0 Å². The number of hydrogen-bond donors (Lipinski definition) is 0. The van der Waals surface area contributed by atoms with Crippen LogP contribution in [0, 0.1) is 5.41 Å². The van der Waals surface area contributed by atoms with Crippen LogP contribution in [0.2, 0.25) is 0 Å². The third-order valence-corrected chi connectivity index (χ3v) is 4.28. The molecule has 3 fully saturated rings. The Kier molecular flexibility index (Phi) is 1.66. The van der Waals surface area contributed by atoms with Crippen molar-refractivity contribution < 1.29 is 9.53 Å². The van der Waals surface area contributed by atoms with E-state index in [0.29, 0.717) is 5.41 Å². The lowest BCUT2D eigenvalue weighted by Crippen LogP contribution is -2.46. The molecule has 3 aliphatic rings. The number of esters is 1. The molecule has 2 aliphatic heterocycles. The standard InChI is InChI=1S/C12H17NO2/c1-9-5-12(10(14)15-2)7-11(3-4-11)8-13(12)6-9/h1,3-8H2,2H3. The summed E-state index contributed by atoms with van der Waals surface area (Å²) in [5, 5.41) is 0. The second-order valence-electron chi connectivity index (χ2n) is 5.48. The topological polar surface area (TPSA) is 29.5 Å². The highest BCUT2D eigenvalue weighted by molar-refractivity contribution is 5.83. The van der Waals surface area contributed by atoms with E-state index in [1.165, 1.54) is 25.5 Å². The minimum atomic E-state index is -0.345. The molecule has 1 saturated carbocycles. The molecular formula is C12H17NO2. The van der Waals surface area contributed by atoms with Crippen LogP contribution in [-0.4, -0.2) is 36.6 Å². The first-order valence-electron chi connectivity index (χ1n) is 5.60. The fourth-order valence-corrected chi connectivity index (χ4v) is 3.44. The second kappa shape index (κ2) is 2.64. The number of rotatable bonds is 1. The smallest absolute Gasteiger partial charge is 0.326 e. The zero-order chi connectivity index (χ0) is 10.7. The summed E-state index contributed by atoms with van der Waals surface area (Å²) < 4.78 is 4.99. The highest BCUT2D eigenvalue weighted by Crippen LogP contribution is 2.61. The van der Waals surface area contributed by atoms with Gasteiger partial charge in [0.05, 0.1) is 7.11 Å². The predicted octanol–water partition coefficient (Wildman–Crippen LogP) is 1.34. The van der Waals surface area contributed by atoms with Crippen LogP contribution in [0.3, 0.4) is 0 Å². The molecule has 0 bridgehead atoms. The van der Waals surface area contributed by atoms with Gasteiger partial charge in [0.15, 0.2) is 0 Å². The maximum Gasteiger partial charge on any atom is 0.326 e. The highest BCUT2D eigenvalue weighted by Gasteiger charge is 2.64. The lowest BCUT2D eigenvalue weighted by Gasteiger charge is -2.27. The first-order chi connectivity index (χ1) is 7.10. The largest absolute Gasteiger partial charge is 0.468 e. The van der Waals surface area contributed by atoms with E-state index in [2.05, 4.69) is 11.5 Å². The lowest BCUT2D eigenvalue weighted by atomic mass is 9.87. The SMILES string of the molecule is C=C1CN2CC3(CC3)CC2(C(=O)OC)C1. The van der Waals surface area contributed by atoms with Gasteiger partial charge in [0.2, 0.25) is 0 Å². The van der Waals surface area contributed by atoms with Crippen LogP contribution in [-0.2, 0) is 9.53 Å². The van der Waals surface area contributed by atoms with Gasteiger partial charge in [0.1, 0.15) is 5.54 Å². The minimum absolute atomic E-state index is 0.0510. The maximum atomic E-state index is 12.0. The number of ether oxygens (including phenoxy) is 1. The molecule has 1 aliphatic carbocycles. The molecule has 0 aromatic carbocycles. The minimum Gasteiger partial charge on any atom is -0.468 e. The molecule has 3 rings (SSSR count). The van der Waals surface area contributed by atoms with Crippen molar-refractivity contribution in [2.45, 2.75) is 31.2 Å². The van der Waals surface area contributed by atoms with Crippen molar-refractivity contribution in [2.75, 3.05) is 20.2 Å². The monoisotopic (exact) mass is 207 g/mol. The number of nitrogens with zero attached hydrogens (tertiary/aromatic N) is 1. The molecule has 15 heavy (non-hydrogen) atoms. The van der Waals surface area contributed by atoms with E-state index in [1.54, 1.807) is 0 Å². The molecule has 1 unspecified atom stereocenters. The van der Waals surface area contributed by atoms with Gasteiger partial charge in [0, 0.05) is 13.1 Å². The molecule has 1 atom stereocenters. The summed E-state index contributed by atoms with van der Waals surface area (Å²) in [4.78, 5) is 14.3. The summed E-state index contributed by atoms with van der Waals surface area (Å²) in [5.74, 6) is -0.0510. The van der Waals surface area contributed by atoms with E-state index >= 15 is 0 Å². The molecule has 3 heteroatoms. The zero-order valence-corrected chi connectivity index (χ0v) is 9.21. The number of methoxy groups -OCH3 is 1. The molecule has 1 spiro atoms. The molecule has 3 nitrogen and oxygen atoms in total. The van der Waals surface area contributed by atoms with Crippen LogP contribution in [0.5, 0.6) is 0 Å². The Morgan fingerprint density at radius 3 is 2.87 bits per heavy atom. The lowest BCUT2D eigenvalue weighted by molar-refractivity contribution is -0.151. The van der Waals surface area contributed by atoms with Gasteiger partial charge in [-0.25, -0.2) is 0 Å². The summed E-state index contributed by atoms with van der Waals surface area (Å²) in [5.41, 5.74) is 1.29. The van der Waals surface area contributed by atoms with Crippen LogP contribution >= 0.6 is 0 Å². The van der Waals surface area contributed by atoms with E-state index in [4.69, 9.17) is 4.74 Å². The molecule has 0 aromatic heterocycles. The van der Waals surface area contributed by atoms with Gasteiger partial charge in [-0.05, 0) is 31.1 Å². The van der Waals surface area contributed by atoms with Gasteiger partial charge >= 0.3 is 5.97 Å². The van der Waals surface area contributed by atoms with Gasteiger partial charge in [-0.1, -0.05) is 12.2 Å². The van der Waals surface area contributed by atoms with Crippen LogP contribution in [0.4, 0.5) is 0 Å². The third-order valence-electron chi connectivity index (χ3n) is 4.28.